The van der Waals surface area contributed by atoms with Crippen molar-refractivity contribution in [2.75, 3.05) is 6.61 Å². The normalized spacial score (nSPS) is 12.4. The van der Waals surface area contributed by atoms with Crippen LogP contribution in [0.3, 0.4) is 0 Å². The Morgan fingerprint density at radius 3 is 2.74 bits per heavy atom. The molecule has 1 aromatic heterocycles. The van der Waals surface area contributed by atoms with Gasteiger partial charge in [0, 0.05) is 0 Å². The molecule has 102 valence electrons. The predicted molar refractivity (Wildman–Crippen MR) is 77.4 cm³/mol. The molecule has 0 saturated carbocycles. The number of furan rings is 1. The topological polar surface area (TPSA) is 42.6 Å². The van der Waals surface area contributed by atoms with Gasteiger partial charge in [0.25, 0.3) is 0 Å². The van der Waals surface area contributed by atoms with Gasteiger partial charge in [0.05, 0.1) is 17.3 Å². The zero-order chi connectivity index (χ0) is 13.8. The summed E-state index contributed by atoms with van der Waals surface area (Å²) in [7, 11) is 0. The summed E-state index contributed by atoms with van der Waals surface area (Å²) in [5.74, 6) is 1.36. The molecular weight excluding hydrogens is 308 g/mol. The maximum atomic E-state index is 10.3. The van der Waals surface area contributed by atoms with Crippen LogP contribution in [-0.2, 0) is 0 Å². The minimum absolute atomic E-state index is 0.578. The Kier molecular flexibility index (Phi) is 4.66. The number of rotatable bonds is 5. The second kappa shape index (κ2) is 6.26. The zero-order valence-electron chi connectivity index (χ0n) is 11.0. The van der Waals surface area contributed by atoms with Crippen molar-refractivity contribution in [3.8, 4) is 5.75 Å². The second-order valence-corrected chi connectivity index (χ2v) is 5.26. The molecule has 0 saturated heterocycles. The lowest BCUT2D eigenvalue weighted by molar-refractivity contribution is 0.188. The largest absolute Gasteiger partial charge is 0.492 e. The molecule has 2 aromatic rings. The van der Waals surface area contributed by atoms with Crippen molar-refractivity contribution in [2.45, 2.75) is 26.4 Å². The van der Waals surface area contributed by atoms with Crippen LogP contribution < -0.4 is 4.74 Å². The fourth-order valence-corrected chi connectivity index (χ4v) is 2.34. The van der Waals surface area contributed by atoms with E-state index in [1.807, 2.05) is 31.2 Å². The van der Waals surface area contributed by atoms with Crippen molar-refractivity contribution in [3.63, 3.8) is 0 Å². The summed E-state index contributed by atoms with van der Waals surface area (Å²) in [5, 5.41) is 10.3. The summed E-state index contributed by atoms with van der Waals surface area (Å²) in [6, 6.07) is 7.41. The van der Waals surface area contributed by atoms with Crippen LogP contribution in [0.5, 0.6) is 5.75 Å². The number of aliphatic hydroxyl groups is 1. The molecule has 4 heteroatoms. The fraction of sp³-hybridized carbons (Fsp3) is 0.333. The smallest absolute Gasteiger partial charge is 0.139 e. The first-order valence-corrected chi connectivity index (χ1v) is 7.07. The highest BCUT2D eigenvalue weighted by molar-refractivity contribution is 9.10. The van der Waals surface area contributed by atoms with Crippen LogP contribution in [0.25, 0.3) is 0 Å². The van der Waals surface area contributed by atoms with Crippen molar-refractivity contribution < 1.29 is 14.3 Å². The molecule has 19 heavy (non-hydrogen) atoms. The Labute approximate surface area is 121 Å². The Morgan fingerprint density at radius 1 is 1.37 bits per heavy atom. The Bertz CT molecular complexity index is 548. The summed E-state index contributed by atoms with van der Waals surface area (Å²) in [6.07, 6.45) is 1.79. The maximum absolute atomic E-state index is 10.3. The maximum Gasteiger partial charge on any atom is 0.139 e. The van der Waals surface area contributed by atoms with Gasteiger partial charge in [-0.15, -0.1) is 0 Å². The number of benzene rings is 1. The van der Waals surface area contributed by atoms with Crippen LogP contribution in [-0.4, -0.2) is 11.7 Å². The van der Waals surface area contributed by atoms with Gasteiger partial charge in [-0.2, -0.15) is 0 Å². The van der Waals surface area contributed by atoms with Gasteiger partial charge in [0.1, 0.15) is 17.6 Å². The number of halogens is 1. The zero-order valence-corrected chi connectivity index (χ0v) is 12.6. The third-order valence-electron chi connectivity index (χ3n) is 2.88. The average Bonchev–Trinajstić information content (AvgIpc) is 2.82. The molecule has 0 aliphatic heterocycles. The highest BCUT2D eigenvalue weighted by atomic mass is 79.9. The van der Waals surface area contributed by atoms with E-state index in [0.717, 1.165) is 27.8 Å². The third-order valence-corrected chi connectivity index (χ3v) is 3.50. The van der Waals surface area contributed by atoms with Crippen LogP contribution in [0.4, 0.5) is 0 Å². The molecule has 0 aliphatic carbocycles. The van der Waals surface area contributed by atoms with Gasteiger partial charge in [0.2, 0.25) is 0 Å². The van der Waals surface area contributed by atoms with E-state index in [2.05, 4.69) is 22.9 Å². The number of aryl methyl sites for hydroxylation is 1. The van der Waals surface area contributed by atoms with E-state index in [9.17, 15) is 5.11 Å². The quantitative estimate of drug-likeness (QED) is 0.895. The van der Waals surface area contributed by atoms with E-state index in [1.165, 1.54) is 0 Å². The van der Waals surface area contributed by atoms with Gasteiger partial charge >= 0.3 is 0 Å². The van der Waals surface area contributed by atoms with Crippen molar-refractivity contribution in [2.24, 2.45) is 0 Å². The standard InChI is InChI=1S/C15H17BrO3/c1-3-7-18-13-5-4-11(9-12(13)16)14(17)15-10(2)6-8-19-15/h4-6,8-9,14,17H,3,7H2,1-2H3. The molecule has 0 fully saturated rings. The summed E-state index contributed by atoms with van der Waals surface area (Å²) in [4.78, 5) is 0. The van der Waals surface area contributed by atoms with E-state index in [4.69, 9.17) is 9.15 Å². The molecule has 1 aromatic carbocycles. The lowest BCUT2D eigenvalue weighted by Crippen LogP contribution is -2.01. The lowest BCUT2D eigenvalue weighted by atomic mass is 10.1. The highest BCUT2D eigenvalue weighted by Gasteiger charge is 2.17. The molecule has 0 bridgehead atoms. The van der Waals surface area contributed by atoms with Crippen molar-refractivity contribution >= 4 is 15.9 Å². The first kappa shape index (κ1) is 14.2. The minimum atomic E-state index is -0.758. The van der Waals surface area contributed by atoms with Crippen LogP contribution in [0.15, 0.2) is 39.4 Å². The second-order valence-electron chi connectivity index (χ2n) is 4.41. The van der Waals surface area contributed by atoms with Gasteiger partial charge < -0.3 is 14.3 Å². The number of hydrogen-bond acceptors (Lipinski definition) is 3. The van der Waals surface area contributed by atoms with Crippen molar-refractivity contribution in [1.29, 1.82) is 0 Å². The van der Waals surface area contributed by atoms with Gasteiger partial charge in [-0.05, 0) is 58.6 Å². The SMILES string of the molecule is CCCOc1ccc(C(O)c2occc2C)cc1Br. The Hall–Kier alpha value is -1.26. The molecule has 0 spiro atoms. The number of ether oxygens (including phenoxy) is 1. The van der Waals surface area contributed by atoms with Gasteiger partial charge in [-0.1, -0.05) is 13.0 Å². The number of aliphatic hydroxyl groups excluding tert-OH is 1. The van der Waals surface area contributed by atoms with E-state index in [0.29, 0.717) is 12.4 Å². The molecular formula is C15H17BrO3. The molecule has 1 atom stereocenters. The summed E-state index contributed by atoms with van der Waals surface area (Å²) in [5.41, 5.74) is 1.71. The summed E-state index contributed by atoms with van der Waals surface area (Å²) >= 11 is 3.46. The van der Waals surface area contributed by atoms with Crippen molar-refractivity contribution in [3.05, 3.63) is 51.9 Å². The molecule has 0 amide bonds. The van der Waals surface area contributed by atoms with Crippen LogP contribution in [0, 0.1) is 6.92 Å². The lowest BCUT2D eigenvalue weighted by Gasteiger charge is -2.12. The monoisotopic (exact) mass is 324 g/mol. The van der Waals surface area contributed by atoms with E-state index in [1.54, 1.807) is 6.26 Å². The molecule has 1 N–H and O–H groups in total. The van der Waals surface area contributed by atoms with Crippen LogP contribution in [0.1, 0.15) is 36.3 Å². The molecule has 3 nitrogen and oxygen atoms in total. The molecule has 0 radical (unpaired) electrons. The predicted octanol–water partition coefficient (Wildman–Crippen LogP) is 4.22. The van der Waals surface area contributed by atoms with Crippen molar-refractivity contribution in [1.82, 2.24) is 0 Å². The average molecular weight is 325 g/mol. The van der Waals surface area contributed by atoms with E-state index >= 15 is 0 Å². The fourth-order valence-electron chi connectivity index (χ4n) is 1.83. The van der Waals surface area contributed by atoms with Gasteiger partial charge in [-0.25, -0.2) is 0 Å². The van der Waals surface area contributed by atoms with Crippen LogP contribution in [0.2, 0.25) is 0 Å². The van der Waals surface area contributed by atoms with Gasteiger partial charge in [-0.3, -0.25) is 0 Å². The molecule has 0 aliphatic rings. The molecule has 1 unspecified atom stereocenters. The molecule has 1 heterocycles. The van der Waals surface area contributed by atoms with Crippen LogP contribution >= 0.6 is 15.9 Å². The first-order valence-electron chi connectivity index (χ1n) is 6.27. The van der Waals surface area contributed by atoms with E-state index < -0.39 is 6.10 Å². The first-order chi connectivity index (χ1) is 9.13. The minimum Gasteiger partial charge on any atom is -0.492 e. The van der Waals surface area contributed by atoms with E-state index in [-0.39, 0.29) is 0 Å². The summed E-state index contributed by atoms with van der Waals surface area (Å²) in [6.45, 7) is 4.65. The Morgan fingerprint density at radius 2 is 2.16 bits per heavy atom. The number of hydrogen-bond donors (Lipinski definition) is 1. The Balaban J connectivity index is 2.22. The van der Waals surface area contributed by atoms with Gasteiger partial charge in [0.15, 0.2) is 0 Å². The highest BCUT2D eigenvalue weighted by Crippen LogP contribution is 2.32. The summed E-state index contributed by atoms with van der Waals surface area (Å²) < 4.78 is 11.7. The molecule has 2 rings (SSSR count). The third kappa shape index (κ3) is 3.19.